The van der Waals surface area contributed by atoms with Crippen molar-refractivity contribution in [3.63, 3.8) is 0 Å². The van der Waals surface area contributed by atoms with Crippen molar-refractivity contribution in [1.29, 1.82) is 0 Å². The molecule has 2 heterocycles. The molecule has 1 fully saturated rings. The number of piperidine rings is 1. The molecule has 2 aromatic carbocycles. The van der Waals surface area contributed by atoms with Crippen LogP contribution in [0.3, 0.4) is 0 Å². The number of anilines is 1. The van der Waals surface area contributed by atoms with Crippen LogP contribution in [-0.4, -0.2) is 51.8 Å². The van der Waals surface area contributed by atoms with Crippen LogP contribution in [0.4, 0.5) is 10.1 Å². The first-order chi connectivity index (χ1) is 15.2. The van der Waals surface area contributed by atoms with Crippen LogP contribution >= 0.6 is 0 Å². The van der Waals surface area contributed by atoms with Gasteiger partial charge in [0.15, 0.2) is 5.58 Å². The first kappa shape index (κ1) is 22.0. The first-order valence-corrected chi connectivity index (χ1v) is 10.6. The number of fused-ring (bicyclic) bond motifs is 1. The molecule has 1 saturated heterocycles. The van der Waals surface area contributed by atoms with E-state index in [0.29, 0.717) is 48.6 Å². The van der Waals surface area contributed by atoms with E-state index in [1.54, 1.807) is 37.3 Å². The normalized spacial score (nSPS) is 21.6. The third-order valence-corrected chi connectivity index (χ3v) is 5.76. The third-order valence-electron chi connectivity index (χ3n) is 5.76. The second-order valence-electron chi connectivity index (χ2n) is 8.25. The lowest BCUT2D eigenvalue weighted by atomic mass is 9.90. The van der Waals surface area contributed by atoms with Gasteiger partial charge in [-0.1, -0.05) is 6.07 Å². The maximum absolute atomic E-state index is 13.5. The lowest BCUT2D eigenvalue weighted by Gasteiger charge is -2.42. The number of carbonyl (C=O) groups is 1. The summed E-state index contributed by atoms with van der Waals surface area (Å²) in [6.07, 6.45) is -0.215. The van der Waals surface area contributed by atoms with Crippen molar-refractivity contribution in [1.82, 2.24) is 9.47 Å². The molecule has 170 valence electrons. The number of aryl methyl sites for hydroxylation is 1. The molecule has 0 unspecified atom stereocenters. The zero-order valence-corrected chi connectivity index (χ0v) is 18.0. The minimum absolute atomic E-state index is 0.0943. The van der Waals surface area contributed by atoms with Crippen molar-refractivity contribution in [2.24, 2.45) is 0 Å². The van der Waals surface area contributed by atoms with Crippen molar-refractivity contribution in [2.75, 3.05) is 25.0 Å². The minimum atomic E-state index is -1.10. The molecule has 0 radical (unpaired) electrons. The molecule has 2 atom stereocenters. The standard InChI is InChI=1S/C23H26FN3O5/c1-3-27-18-8-7-16(12-19(18)32-22(27)29)25-21(28)14-26-10-9-23(2,30)20(13-26)31-17-6-4-5-15(24)11-17/h4-8,11-12,20,30H,3,9-10,13-14H2,1-2H3,(H,25,28)/t20-,23-/m0/s1. The summed E-state index contributed by atoms with van der Waals surface area (Å²) in [5, 5.41) is 13.5. The van der Waals surface area contributed by atoms with E-state index in [-0.39, 0.29) is 12.5 Å². The Morgan fingerprint density at radius 1 is 1.34 bits per heavy atom. The molecule has 2 N–H and O–H groups in total. The van der Waals surface area contributed by atoms with Gasteiger partial charge in [0.25, 0.3) is 0 Å². The Kier molecular flexibility index (Phi) is 6.03. The Balaban J connectivity index is 1.40. The quantitative estimate of drug-likeness (QED) is 0.608. The van der Waals surface area contributed by atoms with Gasteiger partial charge in [-0.2, -0.15) is 0 Å². The van der Waals surface area contributed by atoms with E-state index in [1.807, 2.05) is 11.8 Å². The molecule has 0 aliphatic carbocycles. The molecule has 8 nitrogen and oxygen atoms in total. The number of nitrogens with zero attached hydrogens (tertiary/aromatic N) is 2. The van der Waals surface area contributed by atoms with Gasteiger partial charge >= 0.3 is 5.76 Å². The van der Waals surface area contributed by atoms with E-state index in [0.717, 1.165) is 0 Å². The molecule has 0 bridgehead atoms. The van der Waals surface area contributed by atoms with Gasteiger partial charge in [0.2, 0.25) is 5.91 Å². The summed E-state index contributed by atoms with van der Waals surface area (Å²) in [6, 6.07) is 10.8. The largest absolute Gasteiger partial charge is 0.486 e. The van der Waals surface area contributed by atoms with E-state index in [9.17, 15) is 19.1 Å². The molecule has 1 aromatic heterocycles. The summed E-state index contributed by atoms with van der Waals surface area (Å²) in [5.41, 5.74) is 0.503. The molecule has 0 spiro atoms. The topological polar surface area (TPSA) is 96.9 Å². The Morgan fingerprint density at radius 3 is 2.91 bits per heavy atom. The molecule has 3 aromatic rings. The molecular formula is C23H26FN3O5. The molecular weight excluding hydrogens is 417 g/mol. The highest BCUT2D eigenvalue weighted by Crippen LogP contribution is 2.27. The van der Waals surface area contributed by atoms with E-state index in [4.69, 9.17) is 9.15 Å². The number of aliphatic hydroxyl groups is 1. The molecule has 0 saturated carbocycles. The number of ether oxygens (including phenoxy) is 1. The lowest BCUT2D eigenvalue weighted by molar-refractivity contribution is -0.122. The zero-order valence-electron chi connectivity index (χ0n) is 18.0. The number of hydrogen-bond donors (Lipinski definition) is 2. The summed E-state index contributed by atoms with van der Waals surface area (Å²) < 4.78 is 26.1. The second kappa shape index (κ2) is 8.76. The van der Waals surface area contributed by atoms with Crippen molar-refractivity contribution in [2.45, 2.75) is 38.5 Å². The maximum atomic E-state index is 13.5. The van der Waals surface area contributed by atoms with Gasteiger partial charge in [-0.3, -0.25) is 14.3 Å². The van der Waals surface area contributed by atoms with Crippen LogP contribution in [0.1, 0.15) is 20.3 Å². The van der Waals surface area contributed by atoms with Crippen LogP contribution in [0.25, 0.3) is 11.1 Å². The Hall–Kier alpha value is -3.17. The van der Waals surface area contributed by atoms with Crippen molar-refractivity contribution in [3.8, 4) is 5.75 Å². The Bertz CT molecular complexity index is 1190. The summed E-state index contributed by atoms with van der Waals surface area (Å²) >= 11 is 0. The highest BCUT2D eigenvalue weighted by Gasteiger charge is 2.39. The Labute approximate surface area is 184 Å². The van der Waals surface area contributed by atoms with E-state index in [2.05, 4.69) is 5.32 Å². The predicted molar refractivity (Wildman–Crippen MR) is 117 cm³/mol. The third kappa shape index (κ3) is 4.68. The number of carbonyl (C=O) groups excluding carboxylic acids is 1. The lowest BCUT2D eigenvalue weighted by Crippen LogP contribution is -2.57. The predicted octanol–water partition coefficient (Wildman–Crippen LogP) is 2.60. The minimum Gasteiger partial charge on any atom is -0.486 e. The highest BCUT2D eigenvalue weighted by atomic mass is 19.1. The molecule has 1 amide bonds. The fourth-order valence-electron chi connectivity index (χ4n) is 3.93. The van der Waals surface area contributed by atoms with Gasteiger partial charge in [-0.15, -0.1) is 0 Å². The van der Waals surface area contributed by atoms with Gasteiger partial charge in [0.1, 0.15) is 23.3 Å². The van der Waals surface area contributed by atoms with Crippen LogP contribution in [0, 0.1) is 5.82 Å². The summed E-state index contributed by atoms with van der Waals surface area (Å²) in [6.45, 7) is 4.94. The number of rotatable bonds is 6. The molecule has 1 aliphatic rings. The van der Waals surface area contributed by atoms with Crippen LogP contribution in [0.15, 0.2) is 51.7 Å². The van der Waals surface area contributed by atoms with Gasteiger partial charge in [0.05, 0.1) is 12.1 Å². The SMILES string of the molecule is CCn1c(=O)oc2cc(NC(=O)CN3CC[C@](C)(O)[C@@H](Oc4cccc(F)c4)C3)ccc21. The highest BCUT2D eigenvalue weighted by molar-refractivity contribution is 5.94. The number of hydrogen-bond acceptors (Lipinski definition) is 6. The van der Waals surface area contributed by atoms with Crippen molar-refractivity contribution in [3.05, 3.63) is 58.8 Å². The zero-order chi connectivity index (χ0) is 22.9. The number of nitrogens with one attached hydrogen (secondary N) is 1. The number of halogens is 1. The number of oxazole rings is 1. The summed E-state index contributed by atoms with van der Waals surface area (Å²) in [4.78, 5) is 26.3. The fourth-order valence-corrected chi connectivity index (χ4v) is 3.93. The van der Waals surface area contributed by atoms with Crippen LogP contribution in [-0.2, 0) is 11.3 Å². The number of amides is 1. The number of likely N-dealkylation sites (tertiary alicyclic amines) is 1. The average Bonchev–Trinajstić information content (AvgIpc) is 3.04. The van der Waals surface area contributed by atoms with Crippen LogP contribution in [0.2, 0.25) is 0 Å². The van der Waals surface area contributed by atoms with E-state index in [1.165, 1.54) is 16.7 Å². The maximum Gasteiger partial charge on any atom is 0.419 e. The van der Waals surface area contributed by atoms with Crippen molar-refractivity contribution < 1.29 is 23.4 Å². The van der Waals surface area contributed by atoms with E-state index >= 15 is 0 Å². The molecule has 1 aliphatic heterocycles. The number of aromatic nitrogens is 1. The molecule has 4 rings (SSSR count). The fraction of sp³-hybridized carbons (Fsp3) is 0.391. The van der Waals surface area contributed by atoms with Crippen LogP contribution in [0.5, 0.6) is 5.75 Å². The van der Waals surface area contributed by atoms with Crippen LogP contribution < -0.4 is 15.8 Å². The van der Waals surface area contributed by atoms with Gasteiger partial charge in [-0.05, 0) is 44.5 Å². The first-order valence-electron chi connectivity index (χ1n) is 10.6. The van der Waals surface area contributed by atoms with Gasteiger partial charge in [-0.25, -0.2) is 9.18 Å². The summed E-state index contributed by atoms with van der Waals surface area (Å²) in [7, 11) is 0. The molecule has 32 heavy (non-hydrogen) atoms. The average molecular weight is 443 g/mol. The number of benzene rings is 2. The Morgan fingerprint density at radius 2 is 2.16 bits per heavy atom. The van der Waals surface area contributed by atoms with Gasteiger partial charge < -0.3 is 19.6 Å². The van der Waals surface area contributed by atoms with Gasteiger partial charge in [0, 0.05) is 37.5 Å². The summed E-state index contributed by atoms with van der Waals surface area (Å²) in [5.74, 6) is -0.769. The molecule has 9 heteroatoms. The van der Waals surface area contributed by atoms with Crippen molar-refractivity contribution >= 4 is 22.7 Å². The monoisotopic (exact) mass is 443 g/mol. The second-order valence-corrected chi connectivity index (χ2v) is 8.25. The van der Waals surface area contributed by atoms with E-state index < -0.39 is 23.3 Å². The smallest absolute Gasteiger partial charge is 0.419 e.